The minimum absolute atomic E-state index is 0.0807. The molecule has 0 unspecified atom stereocenters. The van der Waals surface area contributed by atoms with Crippen molar-refractivity contribution in [2.75, 3.05) is 11.6 Å². The number of benzene rings is 1. The Bertz CT molecular complexity index is 653. The van der Waals surface area contributed by atoms with Crippen molar-refractivity contribution >= 4 is 5.69 Å². The second kappa shape index (κ2) is 4.92. The predicted molar refractivity (Wildman–Crippen MR) is 58.2 cm³/mol. The molecule has 0 aliphatic carbocycles. The van der Waals surface area contributed by atoms with Crippen molar-refractivity contribution in [1.82, 2.24) is 5.27 Å². The van der Waals surface area contributed by atoms with Crippen LogP contribution in [0, 0.1) is 21.6 Å². The van der Waals surface area contributed by atoms with Gasteiger partial charge in [-0.2, -0.15) is 5.26 Å². The lowest BCUT2D eigenvalue weighted by molar-refractivity contribution is -0.676. The van der Waals surface area contributed by atoms with Gasteiger partial charge in [0, 0.05) is 12.1 Å². The molecule has 2 rings (SSSR count). The molecule has 8 heteroatoms. The van der Waals surface area contributed by atoms with Crippen LogP contribution in [-0.2, 0) is 0 Å². The molecule has 8 nitrogen and oxygen atoms in total. The van der Waals surface area contributed by atoms with Gasteiger partial charge in [0.2, 0.25) is 11.9 Å². The van der Waals surface area contributed by atoms with Crippen LogP contribution in [0.25, 0.3) is 5.69 Å². The number of aromatic nitrogens is 2. The Kier molecular flexibility index (Phi) is 3.15. The zero-order valence-corrected chi connectivity index (χ0v) is 9.15. The predicted octanol–water partition coefficient (Wildman–Crippen LogP) is 0.00435. The zero-order chi connectivity index (χ0) is 13.0. The van der Waals surface area contributed by atoms with Crippen LogP contribution in [0.4, 0.5) is 5.69 Å². The molecular weight excluding hydrogens is 236 g/mol. The van der Waals surface area contributed by atoms with Crippen molar-refractivity contribution in [3.8, 4) is 11.8 Å². The van der Waals surface area contributed by atoms with Crippen LogP contribution in [0.2, 0.25) is 0 Å². The van der Waals surface area contributed by atoms with Gasteiger partial charge in [0.15, 0.2) is 0 Å². The van der Waals surface area contributed by atoms with Crippen molar-refractivity contribution < 1.29 is 9.20 Å². The average molecular weight is 244 g/mol. The number of nitroso groups, excluding NO2 is 1. The van der Waals surface area contributed by atoms with Gasteiger partial charge in [0.1, 0.15) is 6.54 Å². The Morgan fingerprint density at radius 3 is 3.06 bits per heavy atom. The summed E-state index contributed by atoms with van der Waals surface area (Å²) in [6.07, 6.45) is 1.38. The molecule has 0 bridgehead atoms. The number of hydrogen-bond acceptors (Lipinski definition) is 5. The van der Waals surface area contributed by atoms with E-state index in [1.54, 1.807) is 24.3 Å². The molecule has 0 aliphatic heterocycles. The first kappa shape index (κ1) is 11.5. The second-order valence-corrected chi connectivity index (χ2v) is 3.33. The summed E-state index contributed by atoms with van der Waals surface area (Å²) in [7, 11) is 0. The van der Waals surface area contributed by atoms with E-state index >= 15 is 0 Å². The van der Waals surface area contributed by atoms with E-state index in [-0.39, 0.29) is 12.1 Å². The fourth-order valence-corrected chi connectivity index (χ4v) is 1.40. The molecule has 90 valence electrons. The van der Waals surface area contributed by atoms with Crippen molar-refractivity contribution in [3.05, 3.63) is 40.9 Å². The number of hydrogen-bond donors (Lipinski definition) is 1. The smallest absolute Gasteiger partial charge is 0.265 e. The number of anilines is 1. The third kappa shape index (κ3) is 2.25. The molecule has 1 heterocycles. The lowest BCUT2D eigenvalue weighted by atomic mass is 10.2. The van der Waals surface area contributed by atoms with Gasteiger partial charge in [-0.05, 0) is 6.07 Å². The van der Waals surface area contributed by atoms with E-state index in [0.717, 1.165) is 5.01 Å². The van der Waals surface area contributed by atoms with E-state index < -0.39 is 0 Å². The Morgan fingerprint density at radius 2 is 2.44 bits per heavy atom. The molecule has 1 aromatic carbocycles. The van der Waals surface area contributed by atoms with Gasteiger partial charge in [-0.1, -0.05) is 6.07 Å². The highest BCUT2D eigenvalue weighted by molar-refractivity contribution is 5.50. The number of nitrogens with zero attached hydrogens (tertiary/aromatic N) is 5. The molecule has 1 N–H and O–H groups in total. The van der Waals surface area contributed by atoms with E-state index in [2.05, 4.69) is 15.1 Å². The minimum Gasteiger partial charge on any atom is -0.487 e. The highest BCUT2D eigenvalue weighted by Crippen LogP contribution is 2.15. The van der Waals surface area contributed by atoms with E-state index in [4.69, 9.17) is 10.7 Å². The highest BCUT2D eigenvalue weighted by Gasteiger charge is 2.10. The lowest BCUT2D eigenvalue weighted by Gasteiger charge is -2.10. The van der Waals surface area contributed by atoms with Crippen LogP contribution >= 0.6 is 0 Å². The largest absolute Gasteiger partial charge is 0.487 e. The maximum absolute atomic E-state index is 10.6. The Morgan fingerprint density at radius 1 is 1.61 bits per heavy atom. The van der Waals surface area contributed by atoms with Crippen molar-refractivity contribution in [1.29, 1.82) is 10.7 Å². The molecule has 0 atom stereocenters. The SMILES string of the molecule is N#CCN(N=O)c1cccc(-[n+]2cc(=N)o[n-]2)c1. The Balaban J connectivity index is 2.38. The van der Waals surface area contributed by atoms with Gasteiger partial charge < -0.3 is 4.52 Å². The summed E-state index contributed by atoms with van der Waals surface area (Å²) in [4.78, 5) is 10.6. The molecule has 0 saturated carbocycles. The van der Waals surface area contributed by atoms with Crippen LogP contribution in [0.3, 0.4) is 0 Å². The summed E-state index contributed by atoms with van der Waals surface area (Å²) in [6, 6.07) is 8.51. The fraction of sp³-hybridized carbons (Fsp3) is 0.100. The third-order valence-electron chi connectivity index (χ3n) is 2.18. The molecule has 0 saturated heterocycles. The Labute approximate surface area is 101 Å². The number of rotatable bonds is 4. The Hall–Kier alpha value is -2.95. The standard InChI is InChI=1S/C10H8N6O2/c11-4-5-15(13-17)8-2-1-3-9(6-8)16-7-10(12)18-14-16/h1-3,6-7,12H,5H2. The molecule has 1 aromatic heterocycles. The first-order chi connectivity index (χ1) is 8.74. The zero-order valence-electron chi connectivity index (χ0n) is 9.15. The topological polar surface area (TPSA) is 111 Å². The normalized spacial score (nSPS) is 9.72. The first-order valence-corrected chi connectivity index (χ1v) is 4.93. The minimum atomic E-state index is -0.139. The molecule has 0 spiro atoms. The fourth-order valence-electron chi connectivity index (χ4n) is 1.40. The average Bonchev–Trinajstić information content (AvgIpc) is 2.83. The number of nitriles is 1. The summed E-state index contributed by atoms with van der Waals surface area (Å²) in [5.74, 6) is 0. The van der Waals surface area contributed by atoms with Crippen LogP contribution in [0.5, 0.6) is 0 Å². The van der Waals surface area contributed by atoms with Crippen molar-refractivity contribution in [2.24, 2.45) is 5.29 Å². The van der Waals surface area contributed by atoms with Crippen LogP contribution < -0.4 is 20.5 Å². The molecule has 0 amide bonds. The lowest BCUT2D eigenvalue weighted by Crippen LogP contribution is -2.34. The van der Waals surface area contributed by atoms with E-state index in [1.165, 1.54) is 10.9 Å². The summed E-state index contributed by atoms with van der Waals surface area (Å²) < 4.78 is 5.97. The van der Waals surface area contributed by atoms with E-state index in [0.29, 0.717) is 11.4 Å². The molecule has 0 fully saturated rings. The molecule has 18 heavy (non-hydrogen) atoms. The highest BCUT2D eigenvalue weighted by atomic mass is 16.5. The third-order valence-corrected chi connectivity index (χ3v) is 2.18. The second-order valence-electron chi connectivity index (χ2n) is 3.33. The van der Waals surface area contributed by atoms with Gasteiger partial charge in [-0.3, -0.25) is 10.7 Å². The first-order valence-electron chi connectivity index (χ1n) is 4.93. The van der Waals surface area contributed by atoms with Gasteiger partial charge in [0.25, 0.3) is 5.55 Å². The van der Waals surface area contributed by atoms with Crippen LogP contribution in [0.1, 0.15) is 0 Å². The summed E-state index contributed by atoms with van der Waals surface area (Å²) in [6.45, 7) is -0.139. The van der Waals surface area contributed by atoms with Gasteiger partial charge in [0.05, 0.1) is 17.0 Å². The maximum atomic E-state index is 10.6. The van der Waals surface area contributed by atoms with Gasteiger partial charge >= 0.3 is 0 Å². The molecule has 0 aliphatic rings. The van der Waals surface area contributed by atoms with Crippen LogP contribution in [0.15, 0.2) is 40.3 Å². The van der Waals surface area contributed by atoms with Gasteiger partial charge in [-0.25, -0.2) is 9.69 Å². The number of nitrogens with one attached hydrogen (secondary N) is 1. The quantitative estimate of drug-likeness (QED) is 0.352. The molecule has 0 radical (unpaired) electrons. The van der Waals surface area contributed by atoms with E-state index in [1.807, 2.05) is 6.07 Å². The monoisotopic (exact) mass is 244 g/mol. The van der Waals surface area contributed by atoms with Crippen LogP contribution in [-0.4, -0.2) is 6.54 Å². The van der Waals surface area contributed by atoms with Crippen molar-refractivity contribution in [2.45, 2.75) is 0 Å². The maximum Gasteiger partial charge on any atom is 0.265 e. The molecular formula is C10H8N6O2. The summed E-state index contributed by atoms with van der Waals surface area (Å²) >= 11 is 0. The van der Waals surface area contributed by atoms with E-state index in [9.17, 15) is 4.91 Å². The summed E-state index contributed by atoms with van der Waals surface area (Å²) in [5.41, 5.74) is 0.982. The summed E-state index contributed by atoms with van der Waals surface area (Å²) in [5, 5.41) is 23.2. The molecule has 2 aromatic rings. The van der Waals surface area contributed by atoms with Crippen molar-refractivity contribution in [3.63, 3.8) is 0 Å². The van der Waals surface area contributed by atoms with Gasteiger partial charge in [-0.15, -0.1) is 4.91 Å².